The number of anilines is 1. The molecule has 0 unspecified atom stereocenters. The van der Waals surface area contributed by atoms with Gasteiger partial charge in [0.2, 0.25) is 5.91 Å². The Labute approximate surface area is 142 Å². The zero-order chi connectivity index (χ0) is 17.7. The van der Waals surface area contributed by atoms with Gasteiger partial charge in [0.25, 0.3) is 0 Å². The van der Waals surface area contributed by atoms with Gasteiger partial charge in [-0.2, -0.15) is 0 Å². The third kappa shape index (κ3) is 4.41. The van der Waals surface area contributed by atoms with E-state index in [1.807, 2.05) is 39.0 Å². The van der Waals surface area contributed by atoms with Crippen LogP contribution in [0.5, 0.6) is 0 Å². The SMILES string of the molecule is Cc1cccc(C(C)C)c1NC(=O)C(=O)NC(=O)C1CCNCC1. The van der Waals surface area contributed by atoms with E-state index in [0.717, 1.165) is 24.2 Å². The number of para-hydroxylation sites is 1. The van der Waals surface area contributed by atoms with Crippen molar-refractivity contribution >= 4 is 23.4 Å². The summed E-state index contributed by atoms with van der Waals surface area (Å²) < 4.78 is 0. The van der Waals surface area contributed by atoms with Crippen molar-refractivity contribution in [1.82, 2.24) is 10.6 Å². The molecule has 1 aromatic rings. The van der Waals surface area contributed by atoms with E-state index in [0.29, 0.717) is 18.5 Å². The zero-order valence-electron chi connectivity index (χ0n) is 14.4. The molecule has 0 aromatic heterocycles. The van der Waals surface area contributed by atoms with Crippen LogP contribution in [0.2, 0.25) is 0 Å². The van der Waals surface area contributed by atoms with Gasteiger partial charge in [-0.25, -0.2) is 0 Å². The predicted octanol–water partition coefficient (Wildman–Crippen LogP) is 1.70. The van der Waals surface area contributed by atoms with Crippen molar-refractivity contribution < 1.29 is 14.4 Å². The quantitative estimate of drug-likeness (QED) is 0.736. The first-order chi connectivity index (χ1) is 11.4. The van der Waals surface area contributed by atoms with E-state index in [9.17, 15) is 14.4 Å². The highest BCUT2D eigenvalue weighted by atomic mass is 16.2. The summed E-state index contributed by atoms with van der Waals surface area (Å²) in [6.07, 6.45) is 1.35. The molecule has 2 rings (SSSR count). The van der Waals surface area contributed by atoms with Crippen molar-refractivity contribution in [1.29, 1.82) is 0 Å². The van der Waals surface area contributed by atoms with E-state index in [1.165, 1.54) is 0 Å². The lowest BCUT2D eigenvalue weighted by Crippen LogP contribution is -2.44. The van der Waals surface area contributed by atoms with Crippen molar-refractivity contribution in [2.45, 2.75) is 39.5 Å². The van der Waals surface area contributed by atoms with Crippen LogP contribution in [0.15, 0.2) is 18.2 Å². The molecule has 1 aromatic carbocycles. The molecule has 1 fully saturated rings. The molecule has 0 atom stereocenters. The topological polar surface area (TPSA) is 87.3 Å². The number of benzene rings is 1. The number of hydrogen-bond acceptors (Lipinski definition) is 4. The smallest absolute Gasteiger partial charge is 0.316 e. The van der Waals surface area contributed by atoms with Crippen molar-refractivity contribution in [2.24, 2.45) is 5.92 Å². The molecule has 0 aliphatic carbocycles. The molecule has 1 saturated heterocycles. The lowest BCUT2D eigenvalue weighted by atomic mass is 9.97. The molecule has 3 amide bonds. The second-order valence-electron chi connectivity index (χ2n) is 6.49. The number of piperidine rings is 1. The summed E-state index contributed by atoms with van der Waals surface area (Å²) in [4.78, 5) is 36.3. The van der Waals surface area contributed by atoms with Crippen LogP contribution in [0.25, 0.3) is 0 Å². The van der Waals surface area contributed by atoms with Crippen LogP contribution in [-0.4, -0.2) is 30.8 Å². The Bertz CT molecular complexity index is 634. The minimum atomic E-state index is -0.906. The van der Waals surface area contributed by atoms with Gasteiger partial charge in [0.15, 0.2) is 0 Å². The van der Waals surface area contributed by atoms with Crippen molar-refractivity contribution in [3.05, 3.63) is 29.3 Å². The van der Waals surface area contributed by atoms with E-state index < -0.39 is 11.8 Å². The summed E-state index contributed by atoms with van der Waals surface area (Å²) in [5, 5.41) is 8.03. The third-order valence-corrected chi connectivity index (χ3v) is 4.32. The third-order valence-electron chi connectivity index (χ3n) is 4.32. The fraction of sp³-hybridized carbons (Fsp3) is 0.500. The second kappa shape index (κ2) is 8.06. The predicted molar refractivity (Wildman–Crippen MR) is 92.6 cm³/mol. The summed E-state index contributed by atoms with van der Waals surface area (Å²) in [6, 6.07) is 5.71. The van der Waals surface area contributed by atoms with Crippen LogP contribution >= 0.6 is 0 Å². The highest BCUT2D eigenvalue weighted by Gasteiger charge is 2.25. The molecule has 0 saturated carbocycles. The lowest BCUT2D eigenvalue weighted by Gasteiger charge is -2.21. The number of carbonyl (C=O) groups is 3. The molecule has 130 valence electrons. The molecule has 1 aliphatic rings. The molecule has 24 heavy (non-hydrogen) atoms. The zero-order valence-corrected chi connectivity index (χ0v) is 14.4. The van der Waals surface area contributed by atoms with Crippen LogP contribution in [0.4, 0.5) is 5.69 Å². The van der Waals surface area contributed by atoms with Crippen molar-refractivity contribution in [3.63, 3.8) is 0 Å². The van der Waals surface area contributed by atoms with Gasteiger partial charge in [-0.3, -0.25) is 19.7 Å². The van der Waals surface area contributed by atoms with Gasteiger partial charge >= 0.3 is 11.8 Å². The Morgan fingerprint density at radius 3 is 2.42 bits per heavy atom. The van der Waals surface area contributed by atoms with E-state index in [1.54, 1.807) is 0 Å². The highest BCUT2D eigenvalue weighted by Crippen LogP contribution is 2.27. The summed E-state index contributed by atoms with van der Waals surface area (Å²) in [5.74, 6) is -2.09. The Hall–Kier alpha value is -2.21. The maximum Gasteiger partial charge on any atom is 0.316 e. The number of hydrogen-bond donors (Lipinski definition) is 3. The molecule has 0 spiro atoms. The molecule has 6 heteroatoms. The Morgan fingerprint density at radius 2 is 1.79 bits per heavy atom. The fourth-order valence-electron chi connectivity index (χ4n) is 2.87. The van der Waals surface area contributed by atoms with E-state index in [-0.39, 0.29) is 17.7 Å². The van der Waals surface area contributed by atoms with Gasteiger partial charge in [0.1, 0.15) is 0 Å². The lowest BCUT2D eigenvalue weighted by molar-refractivity contribution is -0.141. The monoisotopic (exact) mass is 331 g/mol. The van der Waals surface area contributed by atoms with Gasteiger partial charge in [-0.05, 0) is 49.9 Å². The summed E-state index contributed by atoms with van der Waals surface area (Å²) in [7, 11) is 0. The van der Waals surface area contributed by atoms with Crippen LogP contribution in [-0.2, 0) is 14.4 Å². The minimum absolute atomic E-state index is 0.208. The number of imide groups is 1. The van der Waals surface area contributed by atoms with Gasteiger partial charge in [-0.15, -0.1) is 0 Å². The maximum atomic E-state index is 12.2. The van der Waals surface area contributed by atoms with E-state index in [4.69, 9.17) is 0 Å². The minimum Gasteiger partial charge on any atom is -0.317 e. The Kier molecular flexibility index (Phi) is 6.09. The van der Waals surface area contributed by atoms with Crippen molar-refractivity contribution in [2.75, 3.05) is 18.4 Å². The fourth-order valence-corrected chi connectivity index (χ4v) is 2.87. The maximum absolute atomic E-state index is 12.2. The second-order valence-corrected chi connectivity index (χ2v) is 6.49. The van der Waals surface area contributed by atoms with Crippen molar-refractivity contribution in [3.8, 4) is 0 Å². The molecule has 0 radical (unpaired) electrons. The average Bonchev–Trinajstić information content (AvgIpc) is 2.57. The summed E-state index contributed by atoms with van der Waals surface area (Å²) in [5.41, 5.74) is 2.48. The number of rotatable bonds is 3. The normalized spacial score (nSPS) is 15.2. The van der Waals surface area contributed by atoms with Gasteiger partial charge in [0.05, 0.1) is 0 Å². The van der Waals surface area contributed by atoms with Gasteiger partial charge in [-0.1, -0.05) is 32.0 Å². The number of carbonyl (C=O) groups excluding carboxylic acids is 3. The number of aryl methyl sites for hydroxylation is 1. The molecule has 6 nitrogen and oxygen atoms in total. The van der Waals surface area contributed by atoms with Gasteiger partial charge < -0.3 is 10.6 Å². The standard InChI is InChI=1S/C18H25N3O3/c1-11(2)14-6-4-5-12(3)15(14)20-17(23)18(24)21-16(22)13-7-9-19-10-8-13/h4-6,11,13,19H,7-10H2,1-3H3,(H,20,23)(H,21,22,24). The van der Waals surface area contributed by atoms with E-state index >= 15 is 0 Å². The summed E-state index contributed by atoms with van der Waals surface area (Å²) in [6.45, 7) is 7.41. The van der Waals surface area contributed by atoms with Crippen LogP contribution < -0.4 is 16.0 Å². The first-order valence-electron chi connectivity index (χ1n) is 8.36. The average molecular weight is 331 g/mol. The van der Waals surface area contributed by atoms with Crippen LogP contribution in [0, 0.1) is 12.8 Å². The number of amides is 3. The summed E-state index contributed by atoms with van der Waals surface area (Å²) >= 11 is 0. The molecular formula is C18H25N3O3. The molecular weight excluding hydrogens is 306 g/mol. The van der Waals surface area contributed by atoms with Gasteiger partial charge in [0, 0.05) is 11.6 Å². The van der Waals surface area contributed by atoms with E-state index in [2.05, 4.69) is 16.0 Å². The largest absolute Gasteiger partial charge is 0.317 e. The molecule has 3 N–H and O–H groups in total. The molecule has 1 heterocycles. The van der Waals surface area contributed by atoms with Crippen LogP contribution in [0.1, 0.15) is 43.7 Å². The Balaban J connectivity index is 2.02. The van der Waals surface area contributed by atoms with Crippen LogP contribution in [0.3, 0.4) is 0 Å². The molecule has 1 aliphatic heterocycles. The first kappa shape index (κ1) is 18.1. The highest BCUT2D eigenvalue weighted by molar-refractivity contribution is 6.42. The first-order valence-corrected chi connectivity index (χ1v) is 8.36. The Morgan fingerprint density at radius 1 is 1.12 bits per heavy atom. The number of nitrogens with one attached hydrogen (secondary N) is 3. The molecule has 0 bridgehead atoms.